The van der Waals surface area contributed by atoms with Gasteiger partial charge in [0.2, 0.25) is 0 Å². The molecule has 0 radical (unpaired) electrons. The number of phenols is 1. The smallest absolute Gasteiger partial charge is 0.264 e. The van der Waals surface area contributed by atoms with Crippen LogP contribution in [0.5, 0.6) is 5.75 Å². The maximum atomic E-state index is 13.3. The van der Waals surface area contributed by atoms with Gasteiger partial charge in [-0.15, -0.1) is 0 Å². The highest BCUT2D eigenvalue weighted by Crippen LogP contribution is 2.24. The third-order valence-corrected chi connectivity index (χ3v) is 6.44. The van der Waals surface area contributed by atoms with Crippen molar-refractivity contribution in [3.8, 4) is 5.75 Å². The molecule has 1 amide bonds. The van der Waals surface area contributed by atoms with Gasteiger partial charge in [0.05, 0.1) is 16.3 Å². The summed E-state index contributed by atoms with van der Waals surface area (Å²) in [5.41, 5.74) is 4.30. The Morgan fingerprint density at radius 1 is 1.03 bits per heavy atom. The molecule has 0 saturated heterocycles. The molecule has 0 heterocycles. The maximum Gasteiger partial charge on any atom is 0.264 e. The number of benzene rings is 3. The molecule has 3 aromatic carbocycles. The highest BCUT2D eigenvalue weighted by Gasteiger charge is 2.27. The lowest BCUT2D eigenvalue weighted by Gasteiger charge is -2.24. The molecule has 0 unspecified atom stereocenters. The Hall–Kier alpha value is -3.72. The molecule has 0 aliphatic rings. The fourth-order valence-corrected chi connectivity index (χ4v) is 4.33. The molecule has 0 aliphatic carbocycles. The first kappa shape index (κ1) is 23.0. The molecule has 3 rings (SSSR count). The average Bonchev–Trinajstić information content (AvgIpc) is 2.77. The molecule has 0 atom stereocenters. The summed E-state index contributed by atoms with van der Waals surface area (Å²) in [6.07, 6.45) is 0. The minimum atomic E-state index is -4.16. The summed E-state index contributed by atoms with van der Waals surface area (Å²) >= 11 is 0. The third kappa shape index (κ3) is 5.30. The van der Waals surface area contributed by atoms with E-state index in [-0.39, 0.29) is 16.3 Å². The fraction of sp³-hybridized carbons (Fsp3) is 0.130. The summed E-state index contributed by atoms with van der Waals surface area (Å²) < 4.78 is 40.7. The second-order valence-electron chi connectivity index (χ2n) is 7.05. The Morgan fingerprint density at radius 2 is 1.66 bits per heavy atom. The van der Waals surface area contributed by atoms with Crippen LogP contribution in [-0.4, -0.2) is 31.7 Å². The Bertz CT molecular complexity index is 1240. The molecule has 0 aliphatic heterocycles. The summed E-state index contributed by atoms with van der Waals surface area (Å²) in [4.78, 5) is 12.4. The van der Waals surface area contributed by atoms with Gasteiger partial charge < -0.3 is 5.11 Å². The number of para-hydroxylation sites is 1. The zero-order valence-corrected chi connectivity index (χ0v) is 18.3. The van der Waals surface area contributed by atoms with Crippen molar-refractivity contribution in [3.63, 3.8) is 0 Å². The molecule has 0 bridgehead atoms. The van der Waals surface area contributed by atoms with E-state index in [0.717, 1.165) is 34.1 Å². The minimum Gasteiger partial charge on any atom is -0.507 e. The van der Waals surface area contributed by atoms with Crippen LogP contribution in [0, 0.1) is 12.7 Å². The number of halogens is 1. The van der Waals surface area contributed by atoms with E-state index < -0.39 is 28.3 Å². The lowest BCUT2D eigenvalue weighted by molar-refractivity contribution is -0.119. The van der Waals surface area contributed by atoms with E-state index in [4.69, 9.17) is 0 Å². The van der Waals surface area contributed by atoms with Crippen molar-refractivity contribution in [2.24, 2.45) is 5.10 Å². The van der Waals surface area contributed by atoms with Crippen molar-refractivity contribution >= 4 is 27.3 Å². The van der Waals surface area contributed by atoms with E-state index >= 15 is 0 Å². The Morgan fingerprint density at radius 3 is 2.28 bits per heavy atom. The van der Waals surface area contributed by atoms with Crippen LogP contribution in [0.15, 0.2) is 82.8 Å². The number of carbonyl (C=O) groups excluding carboxylic acids is 1. The second kappa shape index (κ2) is 9.61. The summed E-state index contributed by atoms with van der Waals surface area (Å²) in [7, 11) is -4.16. The van der Waals surface area contributed by atoms with E-state index in [1.54, 1.807) is 49.4 Å². The van der Waals surface area contributed by atoms with Gasteiger partial charge in [-0.05, 0) is 62.4 Å². The molecule has 9 heteroatoms. The summed E-state index contributed by atoms with van der Waals surface area (Å²) in [6, 6.07) is 17.5. The number of nitrogens with one attached hydrogen (secondary N) is 1. The van der Waals surface area contributed by atoms with Crippen molar-refractivity contribution in [1.29, 1.82) is 0 Å². The summed E-state index contributed by atoms with van der Waals surface area (Å²) in [6.45, 7) is 2.90. The molecule has 3 aromatic rings. The summed E-state index contributed by atoms with van der Waals surface area (Å²) in [5, 5.41) is 13.9. The van der Waals surface area contributed by atoms with Gasteiger partial charge in [0.25, 0.3) is 15.9 Å². The van der Waals surface area contributed by atoms with E-state index in [2.05, 4.69) is 10.5 Å². The average molecular weight is 456 g/mol. The third-order valence-electron chi connectivity index (χ3n) is 4.65. The fourth-order valence-electron chi connectivity index (χ4n) is 2.91. The van der Waals surface area contributed by atoms with Crippen LogP contribution in [0.4, 0.5) is 10.1 Å². The van der Waals surface area contributed by atoms with Gasteiger partial charge in [0, 0.05) is 5.56 Å². The molecular weight excluding hydrogens is 433 g/mol. The largest absolute Gasteiger partial charge is 0.507 e. The number of phenolic OH excluding ortho intramolecular Hbond substituents is 1. The van der Waals surface area contributed by atoms with Crippen LogP contribution in [0.2, 0.25) is 0 Å². The van der Waals surface area contributed by atoms with Crippen LogP contribution in [0.3, 0.4) is 0 Å². The van der Waals surface area contributed by atoms with Crippen LogP contribution in [0.25, 0.3) is 0 Å². The van der Waals surface area contributed by atoms with Crippen LogP contribution >= 0.6 is 0 Å². The lowest BCUT2D eigenvalue weighted by atomic mass is 10.1. The number of hydrogen-bond donors (Lipinski definition) is 2. The van der Waals surface area contributed by atoms with Gasteiger partial charge in [-0.25, -0.2) is 18.2 Å². The van der Waals surface area contributed by atoms with Gasteiger partial charge in [0.1, 0.15) is 18.1 Å². The van der Waals surface area contributed by atoms with Crippen LogP contribution in [0.1, 0.15) is 18.1 Å². The van der Waals surface area contributed by atoms with Gasteiger partial charge in [0.15, 0.2) is 0 Å². The van der Waals surface area contributed by atoms with E-state index in [1.165, 1.54) is 6.07 Å². The van der Waals surface area contributed by atoms with Gasteiger partial charge >= 0.3 is 0 Å². The number of rotatable bonds is 7. The lowest BCUT2D eigenvalue weighted by Crippen LogP contribution is -2.39. The van der Waals surface area contributed by atoms with Crippen molar-refractivity contribution in [1.82, 2.24) is 5.43 Å². The minimum absolute atomic E-state index is 0.00293. The second-order valence-corrected chi connectivity index (χ2v) is 8.91. The number of aryl methyl sites for hydroxylation is 1. The quantitative estimate of drug-likeness (QED) is 0.420. The predicted octanol–water partition coefficient (Wildman–Crippen LogP) is 3.58. The first-order valence-electron chi connectivity index (χ1n) is 9.65. The van der Waals surface area contributed by atoms with E-state index in [1.807, 2.05) is 6.92 Å². The zero-order chi connectivity index (χ0) is 23.3. The first-order chi connectivity index (χ1) is 15.2. The van der Waals surface area contributed by atoms with Crippen molar-refractivity contribution in [2.75, 3.05) is 10.8 Å². The van der Waals surface area contributed by atoms with Crippen LogP contribution in [-0.2, 0) is 14.8 Å². The predicted molar refractivity (Wildman–Crippen MR) is 121 cm³/mol. The highest BCUT2D eigenvalue weighted by molar-refractivity contribution is 7.92. The van der Waals surface area contributed by atoms with Gasteiger partial charge in [-0.3, -0.25) is 9.10 Å². The number of hydrogen-bond acceptors (Lipinski definition) is 5. The Balaban J connectivity index is 1.88. The molecule has 166 valence electrons. The molecule has 7 nitrogen and oxygen atoms in total. The number of anilines is 1. The topological polar surface area (TPSA) is 99.1 Å². The van der Waals surface area contributed by atoms with Crippen molar-refractivity contribution in [3.05, 3.63) is 89.7 Å². The maximum absolute atomic E-state index is 13.3. The van der Waals surface area contributed by atoms with E-state index in [9.17, 15) is 22.7 Å². The summed E-state index contributed by atoms with van der Waals surface area (Å²) in [5.74, 6) is -1.26. The SMILES string of the molecule is C/C(=N\NC(=O)CN(c1ccc(C)cc1)S(=O)(=O)c1ccc(F)cc1)c1ccccc1O. The van der Waals surface area contributed by atoms with E-state index in [0.29, 0.717) is 11.3 Å². The zero-order valence-electron chi connectivity index (χ0n) is 17.5. The van der Waals surface area contributed by atoms with Gasteiger partial charge in [-0.2, -0.15) is 5.10 Å². The Kier molecular flexibility index (Phi) is 6.89. The Labute approximate surface area is 185 Å². The van der Waals surface area contributed by atoms with Gasteiger partial charge in [-0.1, -0.05) is 29.8 Å². The molecule has 0 saturated carbocycles. The highest BCUT2D eigenvalue weighted by atomic mass is 32.2. The molecule has 32 heavy (non-hydrogen) atoms. The number of sulfonamides is 1. The number of hydrazone groups is 1. The van der Waals surface area contributed by atoms with Crippen molar-refractivity contribution in [2.45, 2.75) is 18.7 Å². The van der Waals surface area contributed by atoms with Crippen molar-refractivity contribution < 1.29 is 22.7 Å². The molecular formula is C23H22FN3O4S. The molecule has 0 fully saturated rings. The number of nitrogens with zero attached hydrogens (tertiary/aromatic N) is 2. The molecule has 2 N–H and O–H groups in total. The standard InChI is InChI=1S/C23H22FN3O4S/c1-16-7-11-19(12-8-16)27(32(30,31)20-13-9-18(24)10-14-20)15-23(29)26-25-17(2)21-5-3-4-6-22(21)28/h3-14,28H,15H2,1-2H3,(H,26,29)/b25-17+. The monoisotopic (exact) mass is 455 g/mol. The first-order valence-corrected chi connectivity index (χ1v) is 11.1. The molecule has 0 spiro atoms. The number of amides is 1. The molecule has 0 aromatic heterocycles. The normalized spacial score (nSPS) is 11.8. The number of aromatic hydroxyl groups is 1. The van der Waals surface area contributed by atoms with Crippen LogP contribution < -0.4 is 9.73 Å². The number of carbonyl (C=O) groups is 1.